The molecule has 0 spiro atoms. The summed E-state index contributed by atoms with van der Waals surface area (Å²) in [6.07, 6.45) is 4.93. The van der Waals surface area contributed by atoms with Crippen LogP contribution >= 0.6 is 0 Å². The van der Waals surface area contributed by atoms with Crippen LogP contribution in [0.4, 0.5) is 0 Å². The van der Waals surface area contributed by atoms with E-state index in [2.05, 4.69) is 28.3 Å². The van der Waals surface area contributed by atoms with Gasteiger partial charge in [0.25, 0.3) is 0 Å². The molecule has 2 atom stereocenters. The Labute approximate surface area is 67.5 Å². The summed E-state index contributed by atoms with van der Waals surface area (Å²) in [6.45, 7) is 4.35. The lowest BCUT2D eigenvalue weighted by molar-refractivity contribution is 0.144. The Hall–Kier alpha value is -0.410. The average Bonchev–Trinajstić information content (AvgIpc) is 2.47. The standard InChI is InChI=1S/C8H15N3/c1-2-8-10-5-7-3-4-9-6-11(7)8/h5,7-9H,2-4,6H2,1H3. The third kappa shape index (κ3) is 1.19. The van der Waals surface area contributed by atoms with E-state index in [0.717, 1.165) is 19.6 Å². The highest BCUT2D eigenvalue weighted by Gasteiger charge is 2.30. The Bertz CT molecular complexity index is 159. The highest BCUT2D eigenvalue weighted by atomic mass is 15.4. The van der Waals surface area contributed by atoms with Crippen LogP contribution in [0.15, 0.2) is 4.99 Å². The van der Waals surface area contributed by atoms with Gasteiger partial charge in [-0.25, -0.2) is 0 Å². The van der Waals surface area contributed by atoms with E-state index in [9.17, 15) is 0 Å². The van der Waals surface area contributed by atoms with Crippen molar-refractivity contribution in [2.24, 2.45) is 4.99 Å². The minimum Gasteiger partial charge on any atom is -0.304 e. The monoisotopic (exact) mass is 153 g/mol. The van der Waals surface area contributed by atoms with Crippen molar-refractivity contribution in [3.63, 3.8) is 0 Å². The molecule has 0 bridgehead atoms. The topological polar surface area (TPSA) is 27.6 Å². The molecule has 0 amide bonds. The fourth-order valence-electron chi connectivity index (χ4n) is 1.85. The Morgan fingerprint density at radius 2 is 2.64 bits per heavy atom. The maximum atomic E-state index is 4.46. The van der Waals surface area contributed by atoms with Crippen LogP contribution in [0.1, 0.15) is 19.8 Å². The van der Waals surface area contributed by atoms with E-state index >= 15 is 0 Å². The summed E-state index contributed by atoms with van der Waals surface area (Å²) in [6, 6.07) is 0.626. The van der Waals surface area contributed by atoms with Crippen molar-refractivity contribution in [1.29, 1.82) is 0 Å². The first kappa shape index (κ1) is 7.25. The number of rotatable bonds is 1. The molecule has 0 radical (unpaired) electrons. The van der Waals surface area contributed by atoms with E-state index in [1.54, 1.807) is 0 Å². The van der Waals surface area contributed by atoms with Crippen molar-refractivity contribution in [3.8, 4) is 0 Å². The summed E-state index contributed by atoms with van der Waals surface area (Å²) in [5, 5.41) is 3.37. The minimum atomic E-state index is 0.452. The van der Waals surface area contributed by atoms with Crippen LogP contribution in [0.5, 0.6) is 0 Å². The molecule has 11 heavy (non-hydrogen) atoms. The van der Waals surface area contributed by atoms with Gasteiger partial charge in [0.1, 0.15) is 6.17 Å². The molecule has 1 saturated heterocycles. The third-order valence-electron chi connectivity index (χ3n) is 2.52. The average molecular weight is 153 g/mol. The van der Waals surface area contributed by atoms with Crippen LogP contribution in [0.3, 0.4) is 0 Å². The molecule has 3 nitrogen and oxygen atoms in total. The van der Waals surface area contributed by atoms with Gasteiger partial charge in [0, 0.05) is 12.3 Å². The lowest BCUT2D eigenvalue weighted by Crippen LogP contribution is -2.49. The second-order valence-electron chi connectivity index (χ2n) is 3.22. The molecule has 0 aromatic carbocycles. The maximum absolute atomic E-state index is 4.46. The molecule has 2 rings (SSSR count). The molecule has 3 heteroatoms. The number of nitrogens with zero attached hydrogens (tertiary/aromatic N) is 2. The van der Waals surface area contributed by atoms with Crippen LogP contribution in [0.25, 0.3) is 0 Å². The van der Waals surface area contributed by atoms with Crippen LogP contribution in [0, 0.1) is 0 Å². The van der Waals surface area contributed by atoms with Gasteiger partial charge in [-0.3, -0.25) is 9.89 Å². The number of aliphatic imine (C=N–C) groups is 1. The number of hydrogen-bond acceptors (Lipinski definition) is 3. The Morgan fingerprint density at radius 3 is 3.45 bits per heavy atom. The highest BCUT2D eigenvalue weighted by molar-refractivity contribution is 5.67. The van der Waals surface area contributed by atoms with Crippen molar-refractivity contribution in [1.82, 2.24) is 10.2 Å². The molecular formula is C8H15N3. The molecule has 0 aliphatic carbocycles. The van der Waals surface area contributed by atoms with Crippen LogP contribution in [-0.2, 0) is 0 Å². The SMILES string of the molecule is CCC1N=CC2CCNCN21. The molecule has 0 aromatic heterocycles. The smallest absolute Gasteiger partial charge is 0.103 e. The largest absolute Gasteiger partial charge is 0.304 e. The first-order valence-electron chi connectivity index (χ1n) is 4.41. The minimum absolute atomic E-state index is 0.452. The van der Waals surface area contributed by atoms with Gasteiger partial charge in [-0.15, -0.1) is 0 Å². The zero-order valence-corrected chi connectivity index (χ0v) is 6.95. The second-order valence-corrected chi connectivity index (χ2v) is 3.22. The Balaban J connectivity index is 2.03. The van der Waals surface area contributed by atoms with Crippen molar-refractivity contribution < 1.29 is 0 Å². The first-order chi connectivity index (χ1) is 5.42. The molecule has 0 aromatic rings. The van der Waals surface area contributed by atoms with Gasteiger partial charge >= 0.3 is 0 Å². The van der Waals surface area contributed by atoms with Crippen LogP contribution in [0.2, 0.25) is 0 Å². The normalized spacial score (nSPS) is 37.5. The summed E-state index contributed by atoms with van der Waals surface area (Å²) in [5.41, 5.74) is 0. The summed E-state index contributed by atoms with van der Waals surface area (Å²) < 4.78 is 0. The van der Waals surface area contributed by atoms with E-state index in [-0.39, 0.29) is 0 Å². The van der Waals surface area contributed by atoms with E-state index in [4.69, 9.17) is 0 Å². The Morgan fingerprint density at radius 1 is 1.73 bits per heavy atom. The van der Waals surface area contributed by atoms with Crippen molar-refractivity contribution in [3.05, 3.63) is 0 Å². The van der Waals surface area contributed by atoms with Crippen molar-refractivity contribution in [2.45, 2.75) is 32.0 Å². The predicted octanol–water partition coefficient (Wildman–Crippen LogP) is 0.428. The molecule has 1 N–H and O–H groups in total. The molecule has 2 heterocycles. The molecule has 1 fully saturated rings. The van der Waals surface area contributed by atoms with Gasteiger partial charge in [0.2, 0.25) is 0 Å². The first-order valence-corrected chi connectivity index (χ1v) is 4.41. The van der Waals surface area contributed by atoms with E-state index in [0.29, 0.717) is 12.2 Å². The number of hydrogen-bond donors (Lipinski definition) is 1. The molecule has 2 aliphatic heterocycles. The molecule has 0 saturated carbocycles. The van der Waals surface area contributed by atoms with Crippen LogP contribution < -0.4 is 5.32 Å². The van der Waals surface area contributed by atoms with E-state index in [1.165, 1.54) is 6.42 Å². The lowest BCUT2D eigenvalue weighted by Gasteiger charge is -2.32. The van der Waals surface area contributed by atoms with Gasteiger partial charge in [0.15, 0.2) is 0 Å². The van der Waals surface area contributed by atoms with E-state index < -0.39 is 0 Å². The van der Waals surface area contributed by atoms with Gasteiger partial charge in [0.05, 0.1) is 6.67 Å². The van der Waals surface area contributed by atoms with E-state index in [1.807, 2.05) is 0 Å². The number of nitrogens with one attached hydrogen (secondary N) is 1. The quantitative estimate of drug-likeness (QED) is 0.591. The zero-order chi connectivity index (χ0) is 7.68. The fraction of sp³-hybridized carbons (Fsp3) is 0.875. The van der Waals surface area contributed by atoms with Gasteiger partial charge in [-0.05, 0) is 19.4 Å². The van der Waals surface area contributed by atoms with Crippen molar-refractivity contribution in [2.75, 3.05) is 13.2 Å². The summed E-state index contributed by atoms with van der Waals surface area (Å²) >= 11 is 0. The summed E-state index contributed by atoms with van der Waals surface area (Å²) in [7, 11) is 0. The molecular weight excluding hydrogens is 138 g/mol. The lowest BCUT2D eigenvalue weighted by atomic mass is 10.1. The summed E-state index contributed by atoms with van der Waals surface area (Å²) in [4.78, 5) is 6.89. The Kier molecular flexibility index (Phi) is 1.92. The van der Waals surface area contributed by atoms with Gasteiger partial charge < -0.3 is 5.32 Å². The molecule has 2 unspecified atom stereocenters. The zero-order valence-electron chi connectivity index (χ0n) is 6.95. The highest BCUT2D eigenvalue weighted by Crippen LogP contribution is 2.18. The third-order valence-corrected chi connectivity index (χ3v) is 2.52. The summed E-state index contributed by atoms with van der Waals surface area (Å²) in [5.74, 6) is 0. The van der Waals surface area contributed by atoms with Gasteiger partial charge in [-0.2, -0.15) is 0 Å². The molecule has 2 aliphatic rings. The number of fused-ring (bicyclic) bond motifs is 1. The predicted molar refractivity (Wildman–Crippen MR) is 45.7 cm³/mol. The second kappa shape index (κ2) is 2.91. The van der Waals surface area contributed by atoms with Crippen LogP contribution in [-0.4, -0.2) is 36.5 Å². The maximum Gasteiger partial charge on any atom is 0.103 e. The molecule has 62 valence electrons. The fourth-order valence-corrected chi connectivity index (χ4v) is 1.85. The van der Waals surface area contributed by atoms with Crippen molar-refractivity contribution >= 4 is 6.21 Å². The van der Waals surface area contributed by atoms with Gasteiger partial charge in [-0.1, -0.05) is 6.92 Å².